The molecule has 3 rings (SSSR count). The second-order valence-corrected chi connectivity index (χ2v) is 6.23. The van der Waals surface area contributed by atoms with E-state index in [1.54, 1.807) is 25.7 Å². The van der Waals surface area contributed by atoms with Gasteiger partial charge in [0.25, 0.3) is 0 Å². The lowest BCUT2D eigenvalue weighted by Gasteiger charge is -2.30. The van der Waals surface area contributed by atoms with Crippen molar-refractivity contribution in [2.24, 2.45) is 10.7 Å². The van der Waals surface area contributed by atoms with Gasteiger partial charge in [-0.05, 0) is 38.1 Å². The van der Waals surface area contributed by atoms with Crippen molar-refractivity contribution in [2.75, 3.05) is 27.2 Å². The normalized spacial score (nSPS) is 19.9. The third kappa shape index (κ3) is 3.57. The molecule has 1 unspecified atom stereocenters. The van der Waals surface area contributed by atoms with Gasteiger partial charge in [-0.2, -0.15) is 0 Å². The van der Waals surface area contributed by atoms with E-state index in [0.29, 0.717) is 0 Å². The first-order chi connectivity index (χ1) is 11.7. The number of fused-ring (bicyclic) bond motifs is 1. The summed E-state index contributed by atoms with van der Waals surface area (Å²) in [6.45, 7) is 2.09. The van der Waals surface area contributed by atoms with Gasteiger partial charge in [0.1, 0.15) is 11.9 Å². The van der Waals surface area contributed by atoms with Gasteiger partial charge in [-0.25, -0.2) is 0 Å². The van der Waals surface area contributed by atoms with Crippen LogP contribution in [0.5, 0.6) is 5.75 Å². The van der Waals surface area contributed by atoms with Gasteiger partial charge >= 0.3 is 0 Å². The molecule has 1 atom stereocenters. The Hall–Kier alpha value is -2.40. The van der Waals surface area contributed by atoms with Crippen LogP contribution in [0.25, 0.3) is 16.3 Å². The standard InChI is InChI=1S/C19H24N4O/c1-21-10-16(9-20)14-5-6-15-11-22-12-19(18(15)8-14)24-17-4-3-7-23(2)13-17/h5-6,8-12,17H,3-4,7,13,20H2,1-2H3. The number of aromatic nitrogens is 1. The number of pyridine rings is 1. The zero-order valence-electron chi connectivity index (χ0n) is 14.3. The van der Waals surface area contributed by atoms with Gasteiger partial charge in [0.05, 0.1) is 6.20 Å². The van der Waals surface area contributed by atoms with E-state index in [9.17, 15) is 0 Å². The van der Waals surface area contributed by atoms with Gasteiger partial charge < -0.3 is 15.4 Å². The number of hydrogen-bond donors (Lipinski definition) is 1. The first-order valence-electron chi connectivity index (χ1n) is 8.28. The zero-order valence-corrected chi connectivity index (χ0v) is 14.3. The second kappa shape index (κ2) is 7.45. The number of likely N-dealkylation sites (tertiary alicyclic amines) is 1. The van der Waals surface area contributed by atoms with Crippen LogP contribution in [-0.4, -0.2) is 49.4 Å². The quantitative estimate of drug-likeness (QED) is 0.878. The highest BCUT2D eigenvalue weighted by atomic mass is 16.5. The summed E-state index contributed by atoms with van der Waals surface area (Å²) in [4.78, 5) is 10.7. The van der Waals surface area contributed by atoms with Gasteiger partial charge in [-0.1, -0.05) is 12.1 Å². The molecule has 1 aliphatic rings. The molecule has 126 valence electrons. The Labute approximate surface area is 142 Å². The maximum Gasteiger partial charge on any atom is 0.145 e. The Morgan fingerprint density at radius 2 is 2.29 bits per heavy atom. The number of likely N-dealkylation sites (N-methyl/N-ethyl adjacent to an activating group) is 1. The molecule has 5 nitrogen and oxygen atoms in total. The minimum absolute atomic E-state index is 0.210. The molecule has 1 aromatic carbocycles. The second-order valence-electron chi connectivity index (χ2n) is 6.23. The smallest absolute Gasteiger partial charge is 0.145 e. The van der Waals surface area contributed by atoms with E-state index < -0.39 is 0 Å². The number of nitrogens with zero attached hydrogens (tertiary/aromatic N) is 3. The molecule has 0 amide bonds. The zero-order chi connectivity index (χ0) is 16.9. The van der Waals surface area contributed by atoms with E-state index in [1.807, 2.05) is 18.3 Å². The lowest BCUT2D eigenvalue weighted by Crippen LogP contribution is -2.38. The van der Waals surface area contributed by atoms with E-state index in [2.05, 4.69) is 28.0 Å². The van der Waals surface area contributed by atoms with Crippen LogP contribution < -0.4 is 10.5 Å². The van der Waals surface area contributed by atoms with Crippen LogP contribution in [0.15, 0.2) is 41.8 Å². The molecule has 5 heteroatoms. The van der Waals surface area contributed by atoms with Gasteiger partial charge in [-0.3, -0.25) is 9.98 Å². The Balaban J connectivity index is 1.95. The van der Waals surface area contributed by atoms with E-state index >= 15 is 0 Å². The fourth-order valence-electron chi connectivity index (χ4n) is 3.16. The summed E-state index contributed by atoms with van der Waals surface area (Å²) >= 11 is 0. The Morgan fingerprint density at radius 3 is 3.04 bits per heavy atom. The molecule has 1 fully saturated rings. The number of piperidine rings is 1. The highest BCUT2D eigenvalue weighted by Crippen LogP contribution is 2.29. The van der Waals surface area contributed by atoms with Crippen LogP contribution in [0.1, 0.15) is 18.4 Å². The predicted molar refractivity (Wildman–Crippen MR) is 99.5 cm³/mol. The molecule has 0 spiro atoms. The minimum atomic E-state index is 0.210. The Morgan fingerprint density at radius 1 is 1.42 bits per heavy atom. The molecular weight excluding hydrogens is 300 g/mol. The maximum atomic E-state index is 6.28. The summed E-state index contributed by atoms with van der Waals surface area (Å²) in [6, 6.07) is 6.17. The highest BCUT2D eigenvalue weighted by Gasteiger charge is 2.19. The third-order valence-corrected chi connectivity index (χ3v) is 4.38. The average Bonchev–Trinajstić information content (AvgIpc) is 2.60. The monoisotopic (exact) mass is 324 g/mol. The molecule has 0 saturated carbocycles. The van der Waals surface area contributed by atoms with E-state index in [0.717, 1.165) is 53.6 Å². The van der Waals surface area contributed by atoms with E-state index in [1.165, 1.54) is 0 Å². The molecule has 24 heavy (non-hydrogen) atoms. The number of rotatable bonds is 4. The molecule has 1 saturated heterocycles. The van der Waals surface area contributed by atoms with Crippen molar-refractivity contribution in [3.63, 3.8) is 0 Å². The van der Waals surface area contributed by atoms with Gasteiger partial charge in [0, 0.05) is 48.5 Å². The van der Waals surface area contributed by atoms with Crippen LogP contribution in [-0.2, 0) is 0 Å². The van der Waals surface area contributed by atoms with Crippen molar-refractivity contribution in [1.82, 2.24) is 9.88 Å². The van der Waals surface area contributed by atoms with Crippen molar-refractivity contribution in [3.05, 3.63) is 42.4 Å². The molecule has 2 aromatic rings. The largest absolute Gasteiger partial charge is 0.487 e. The maximum absolute atomic E-state index is 6.28. The highest BCUT2D eigenvalue weighted by molar-refractivity contribution is 6.10. The summed E-state index contributed by atoms with van der Waals surface area (Å²) in [6.07, 6.45) is 9.46. The Kier molecular flexibility index (Phi) is 5.11. The predicted octanol–water partition coefficient (Wildman–Crippen LogP) is 2.71. The van der Waals surface area contributed by atoms with Crippen LogP contribution in [0, 0.1) is 0 Å². The topological polar surface area (TPSA) is 63.7 Å². The van der Waals surface area contributed by atoms with Gasteiger partial charge in [0.2, 0.25) is 0 Å². The molecule has 2 N–H and O–H groups in total. The van der Waals surface area contributed by atoms with Gasteiger partial charge in [-0.15, -0.1) is 0 Å². The summed E-state index contributed by atoms with van der Waals surface area (Å²) in [7, 11) is 3.87. The molecule has 1 aliphatic heterocycles. The molecule has 0 bridgehead atoms. The van der Waals surface area contributed by atoms with E-state index in [4.69, 9.17) is 10.5 Å². The van der Waals surface area contributed by atoms with Crippen molar-refractivity contribution in [2.45, 2.75) is 18.9 Å². The summed E-state index contributed by atoms with van der Waals surface area (Å²) in [5.41, 5.74) is 7.64. The number of ether oxygens (including phenoxy) is 1. The molecule has 2 heterocycles. The SMILES string of the molecule is CN=CC(=CN)c1ccc2cncc(OC3CCCN(C)C3)c2c1. The van der Waals surface area contributed by atoms with Crippen molar-refractivity contribution in [3.8, 4) is 5.75 Å². The summed E-state index contributed by atoms with van der Waals surface area (Å²) < 4.78 is 6.28. The average molecular weight is 324 g/mol. The Bertz CT molecular complexity index is 769. The first kappa shape index (κ1) is 16.5. The number of aliphatic imine (C=N–C) groups is 1. The van der Waals surface area contributed by atoms with Crippen LogP contribution in [0.4, 0.5) is 0 Å². The summed E-state index contributed by atoms with van der Waals surface area (Å²) in [5.74, 6) is 0.833. The fraction of sp³-hybridized carbons (Fsp3) is 0.368. The van der Waals surface area contributed by atoms with Crippen LogP contribution in [0.3, 0.4) is 0 Å². The molecular formula is C19H24N4O. The number of hydrogen-bond acceptors (Lipinski definition) is 5. The minimum Gasteiger partial charge on any atom is -0.487 e. The number of nitrogens with two attached hydrogens (primary N) is 1. The first-order valence-corrected chi connectivity index (χ1v) is 8.28. The van der Waals surface area contributed by atoms with Crippen LogP contribution >= 0.6 is 0 Å². The van der Waals surface area contributed by atoms with Crippen molar-refractivity contribution < 1.29 is 4.74 Å². The lowest BCUT2D eigenvalue weighted by molar-refractivity contribution is 0.105. The van der Waals surface area contributed by atoms with Crippen LogP contribution in [0.2, 0.25) is 0 Å². The number of benzene rings is 1. The lowest BCUT2D eigenvalue weighted by atomic mass is 10.0. The summed E-state index contributed by atoms with van der Waals surface area (Å²) in [5, 5.41) is 2.12. The van der Waals surface area contributed by atoms with E-state index in [-0.39, 0.29) is 6.10 Å². The molecule has 0 aliphatic carbocycles. The van der Waals surface area contributed by atoms with Crippen molar-refractivity contribution >= 4 is 22.6 Å². The molecule has 1 aromatic heterocycles. The molecule has 0 radical (unpaired) electrons. The van der Waals surface area contributed by atoms with Gasteiger partial charge in [0.15, 0.2) is 0 Å². The third-order valence-electron chi connectivity index (χ3n) is 4.38. The number of allylic oxidation sites excluding steroid dienone is 1. The fourth-order valence-corrected chi connectivity index (χ4v) is 3.16. The van der Waals surface area contributed by atoms with Crippen molar-refractivity contribution in [1.29, 1.82) is 0 Å².